The minimum atomic E-state index is -3.47. The molecule has 1 unspecified atom stereocenters. The van der Waals surface area contributed by atoms with E-state index in [0.717, 1.165) is 18.7 Å². The van der Waals surface area contributed by atoms with E-state index < -0.39 is 10.0 Å². The average molecular weight is 335 g/mol. The van der Waals surface area contributed by atoms with Gasteiger partial charge < -0.3 is 5.32 Å². The van der Waals surface area contributed by atoms with Gasteiger partial charge in [-0.15, -0.1) is 0 Å². The maximum Gasteiger partial charge on any atom is 0.243 e. The topological polar surface area (TPSA) is 76.0 Å². The summed E-state index contributed by atoms with van der Waals surface area (Å²) >= 11 is 1.61. The third-order valence-electron chi connectivity index (χ3n) is 2.81. The Bertz CT molecular complexity index is 514. The van der Waals surface area contributed by atoms with E-state index in [0.29, 0.717) is 12.6 Å². The minimum absolute atomic E-state index is 0.0939. The van der Waals surface area contributed by atoms with Crippen molar-refractivity contribution in [1.29, 1.82) is 0 Å². The highest BCUT2D eigenvalue weighted by atomic mass is 32.2. The summed E-state index contributed by atoms with van der Waals surface area (Å²) < 4.78 is 28.7. The molecule has 122 valence electrons. The summed E-state index contributed by atoms with van der Waals surface area (Å²) in [5.41, 5.74) is 0. The Morgan fingerprint density at radius 3 is 2.71 bits per heavy atom. The minimum Gasteiger partial charge on any atom is -0.314 e. The highest BCUT2D eigenvalue weighted by Gasteiger charge is 2.18. The maximum atomic E-state index is 12.2. The number of nitrogens with one attached hydrogen (secondary N) is 2. The molecule has 21 heavy (non-hydrogen) atoms. The van der Waals surface area contributed by atoms with Crippen LogP contribution in [0.25, 0.3) is 0 Å². The van der Waals surface area contributed by atoms with Gasteiger partial charge in [-0.1, -0.05) is 13.8 Å². The van der Waals surface area contributed by atoms with E-state index in [1.807, 2.05) is 13.2 Å². The van der Waals surface area contributed by atoms with Crippen LogP contribution in [0.5, 0.6) is 0 Å². The van der Waals surface area contributed by atoms with Gasteiger partial charge in [0, 0.05) is 30.6 Å². The third-order valence-corrected chi connectivity index (χ3v) is 5.19. The number of aromatic nitrogens is 2. The second-order valence-electron chi connectivity index (χ2n) is 5.38. The van der Waals surface area contributed by atoms with E-state index in [4.69, 9.17) is 0 Å². The van der Waals surface area contributed by atoms with E-state index in [1.54, 1.807) is 22.6 Å². The maximum absolute atomic E-state index is 12.2. The van der Waals surface area contributed by atoms with Gasteiger partial charge in [-0.2, -0.15) is 16.9 Å². The quantitative estimate of drug-likeness (QED) is 0.631. The summed E-state index contributed by atoms with van der Waals surface area (Å²) in [7, 11) is -3.47. The van der Waals surface area contributed by atoms with Gasteiger partial charge in [0.25, 0.3) is 0 Å². The predicted molar refractivity (Wildman–Crippen MR) is 88.1 cm³/mol. The molecule has 0 aliphatic heterocycles. The molecule has 0 saturated carbocycles. The second-order valence-corrected chi connectivity index (χ2v) is 8.00. The van der Waals surface area contributed by atoms with Crippen molar-refractivity contribution in [2.24, 2.45) is 0 Å². The molecule has 1 atom stereocenters. The number of hydrogen-bond acceptors (Lipinski definition) is 5. The van der Waals surface area contributed by atoms with Gasteiger partial charge in [-0.25, -0.2) is 13.1 Å². The first kappa shape index (κ1) is 18.5. The fraction of sp³-hybridized carbons (Fsp3) is 0.769. The Morgan fingerprint density at radius 2 is 2.10 bits per heavy atom. The van der Waals surface area contributed by atoms with E-state index in [-0.39, 0.29) is 10.9 Å². The van der Waals surface area contributed by atoms with Crippen LogP contribution in [0.15, 0.2) is 17.3 Å². The molecule has 1 heterocycles. The summed E-state index contributed by atoms with van der Waals surface area (Å²) in [6.07, 6.45) is 5.86. The SMILES string of the molecule is CSCC(C)NS(=O)(=O)c1cnn(CCCNC(C)C)c1. The van der Waals surface area contributed by atoms with E-state index >= 15 is 0 Å². The van der Waals surface area contributed by atoms with Gasteiger partial charge in [0.2, 0.25) is 10.0 Å². The van der Waals surface area contributed by atoms with Crippen LogP contribution in [0.2, 0.25) is 0 Å². The number of rotatable bonds is 10. The van der Waals surface area contributed by atoms with Crippen LogP contribution >= 0.6 is 11.8 Å². The van der Waals surface area contributed by atoms with E-state index in [2.05, 4.69) is 29.0 Å². The summed E-state index contributed by atoms with van der Waals surface area (Å²) in [6, 6.07) is 0.365. The van der Waals surface area contributed by atoms with Crippen molar-refractivity contribution in [2.75, 3.05) is 18.6 Å². The zero-order valence-electron chi connectivity index (χ0n) is 13.2. The molecule has 0 amide bonds. The molecule has 0 spiro atoms. The highest BCUT2D eigenvalue weighted by Crippen LogP contribution is 2.09. The van der Waals surface area contributed by atoms with Gasteiger partial charge in [-0.3, -0.25) is 4.68 Å². The molecule has 2 N–H and O–H groups in total. The van der Waals surface area contributed by atoms with E-state index in [9.17, 15) is 8.42 Å². The van der Waals surface area contributed by atoms with Crippen LogP contribution in [-0.4, -0.2) is 48.8 Å². The van der Waals surface area contributed by atoms with Gasteiger partial charge in [0.05, 0.1) is 6.20 Å². The molecular weight excluding hydrogens is 308 g/mol. The molecule has 0 fully saturated rings. The van der Waals surface area contributed by atoms with Crippen molar-refractivity contribution in [2.45, 2.75) is 50.7 Å². The van der Waals surface area contributed by atoms with Crippen molar-refractivity contribution in [3.05, 3.63) is 12.4 Å². The first-order valence-corrected chi connectivity index (χ1v) is 10.00. The first-order valence-electron chi connectivity index (χ1n) is 7.12. The molecule has 0 aliphatic rings. The second kappa shape index (κ2) is 8.77. The van der Waals surface area contributed by atoms with Crippen LogP contribution < -0.4 is 10.0 Å². The molecule has 1 aromatic heterocycles. The lowest BCUT2D eigenvalue weighted by atomic mass is 10.3. The fourth-order valence-electron chi connectivity index (χ4n) is 1.85. The lowest BCUT2D eigenvalue weighted by Gasteiger charge is -2.11. The zero-order valence-corrected chi connectivity index (χ0v) is 14.8. The Hall–Kier alpha value is -0.570. The predicted octanol–water partition coefficient (Wildman–Crippen LogP) is 1.30. The fourth-order valence-corrected chi connectivity index (χ4v) is 3.74. The van der Waals surface area contributed by atoms with Crippen LogP contribution in [0.1, 0.15) is 27.2 Å². The number of aryl methyl sites for hydroxylation is 1. The molecule has 0 bridgehead atoms. The van der Waals surface area contributed by atoms with Gasteiger partial charge >= 0.3 is 0 Å². The molecule has 0 radical (unpaired) electrons. The molecule has 0 aliphatic carbocycles. The van der Waals surface area contributed by atoms with Crippen molar-refractivity contribution in [3.63, 3.8) is 0 Å². The normalized spacial score (nSPS) is 13.8. The zero-order chi connectivity index (χ0) is 15.9. The summed E-state index contributed by atoms with van der Waals surface area (Å²) in [6.45, 7) is 7.65. The highest BCUT2D eigenvalue weighted by molar-refractivity contribution is 7.98. The summed E-state index contributed by atoms with van der Waals surface area (Å²) in [4.78, 5) is 0.229. The van der Waals surface area contributed by atoms with Crippen molar-refractivity contribution >= 4 is 21.8 Å². The summed E-state index contributed by atoms with van der Waals surface area (Å²) in [5, 5.41) is 7.44. The van der Waals surface area contributed by atoms with Crippen molar-refractivity contribution < 1.29 is 8.42 Å². The van der Waals surface area contributed by atoms with E-state index in [1.165, 1.54) is 6.20 Å². The Balaban J connectivity index is 2.53. The van der Waals surface area contributed by atoms with Crippen LogP contribution in [0.4, 0.5) is 0 Å². The average Bonchev–Trinajstić information content (AvgIpc) is 2.83. The molecule has 1 aromatic rings. The van der Waals surface area contributed by atoms with Crippen molar-refractivity contribution in [1.82, 2.24) is 19.8 Å². The molecule has 8 heteroatoms. The van der Waals surface area contributed by atoms with Crippen LogP contribution in [0.3, 0.4) is 0 Å². The Kier molecular flexibility index (Phi) is 7.72. The lowest BCUT2D eigenvalue weighted by molar-refractivity contribution is 0.513. The molecular formula is C13H26N4O2S2. The third kappa shape index (κ3) is 6.82. The standard InChI is InChI=1S/C13H26N4O2S2/c1-11(2)14-6-5-7-17-9-13(8-15-17)21(18,19)16-12(3)10-20-4/h8-9,11-12,14,16H,5-7,10H2,1-4H3. The number of sulfonamides is 1. The van der Waals surface area contributed by atoms with Crippen LogP contribution in [-0.2, 0) is 16.6 Å². The monoisotopic (exact) mass is 334 g/mol. The van der Waals surface area contributed by atoms with Gasteiger partial charge in [-0.05, 0) is 26.1 Å². The van der Waals surface area contributed by atoms with Crippen LogP contribution in [0, 0.1) is 0 Å². The Labute approximate surface area is 132 Å². The number of thioether (sulfide) groups is 1. The Morgan fingerprint density at radius 1 is 1.38 bits per heavy atom. The molecule has 6 nitrogen and oxygen atoms in total. The number of hydrogen-bond donors (Lipinski definition) is 2. The van der Waals surface area contributed by atoms with Gasteiger partial charge in [0.15, 0.2) is 0 Å². The largest absolute Gasteiger partial charge is 0.314 e. The van der Waals surface area contributed by atoms with Crippen molar-refractivity contribution in [3.8, 4) is 0 Å². The molecule has 0 aromatic carbocycles. The molecule has 1 rings (SSSR count). The first-order chi connectivity index (χ1) is 9.85. The molecule has 0 saturated heterocycles. The van der Waals surface area contributed by atoms with Gasteiger partial charge in [0.1, 0.15) is 4.90 Å². The lowest BCUT2D eigenvalue weighted by Crippen LogP contribution is -2.34. The smallest absolute Gasteiger partial charge is 0.243 e. The summed E-state index contributed by atoms with van der Waals surface area (Å²) in [5.74, 6) is 0.744. The number of nitrogens with zero attached hydrogens (tertiary/aromatic N) is 2.